The fourth-order valence-corrected chi connectivity index (χ4v) is 2.33. The van der Waals surface area contributed by atoms with Gasteiger partial charge in [-0.15, -0.1) is 0 Å². The van der Waals surface area contributed by atoms with E-state index >= 15 is 0 Å². The molecule has 2 heteroatoms. The fraction of sp³-hybridized carbons (Fsp3) is 1.00. The highest BCUT2D eigenvalue weighted by Gasteiger charge is 2.15. The zero-order valence-electron chi connectivity index (χ0n) is 9.83. The molecule has 1 aliphatic carbocycles. The molecule has 0 aromatic heterocycles. The van der Waals surface area contributed by atoms with Crippen LogP contribution in [0.15, 0.2) is 0 Å². The molecule has 0 heterocycles. The molecule has 0 unspecified atom stereocenters. The van der Waals surface area contributed by atoms with Crippen LogP contribution in [0.5, 0.6) is 0 Å². The Kier molecular flexibility index (Phi) is 7.03. The third kappa shape index (κ3) is 6.16. The molecule has 0 aromatic carbocycles. The maximum absolute atomic E-state index is 9.68. The van der Waals surface area contributed by atoms with Gasteiger partial charge in [0.25, 0.3) is 0 Å². The van der Waals surface area contributed by atoms with Crippen LogP contribution in [0.25, 0.3) is 0 Å². The van der Waals surface area contributed by atoms with Crippen molar-refractivity contribution in [1.29, 1.82) is 0 Å². The third-order valence-corrected chi connectivity index (χ3v) is 3.44. The lowest BCUT2D eigenvalue weighted by atomic mass is 10.0. The maximum atomic E-state index is 9.68. The highest BCUT2D eigenvalue weighted by molar-refractivity contribution is 4.67. The van der Waals surface area contributed by atoms with Crippen LogP contribution in [0, 0.1) is 0 Å². The first-order chi connectivity index (χ1) is 7.30. The van der Waals surface area contributed by atoms with E-state index in [1.165, 1.54) is 44.9 Å². The van der Waals surface area contributed by atoms with Crippen LogP contribution in [-0.4, -0.2) is 22.4 Å². The molecule has 0 aromatic rings. The average molecular weight is 214 g/mol. The zero-order valence-corrected chi connectivity index (χ0v) is 9.83. The molecule has 1 rings (SSSR count). The molecule has 2 N–H and O–H groups in total. The van der Waals surface area contributed by atoms with E-state index in [1.54, 1.807) is 0 Å². The van der Waals surface area contributed by atoms with Gasteiger partial charge in [0, 0.05) is 0 Å². The molecule has 90 valence electrons. The summed E-state index contributed by atoms with van der Waals surface area (Å²) < 4.78 is 0. The van der Waals surface area contributed by atoms with Gasteiger partial charge in [-0.25, -0.2) is 0 Å². The number of rotatable bonds is 0. The summed E-state index contributed by atoms with van der Waals surface area (Å²) in [5, 5.41) is 19.4. The van der Waals surface area contributed by atoms with Gasteiger partial charge in [0.15, 0.2) is 0 Å². The second kappa shape index (κ2) is 8.12. The first-order valence-corrected chi connectivity index (χ1v) is 6.67. The van der Waals surface area contributed by atoms with Gasteiger partial charge in [-0.05, 0) is 12.8 Å². The second-order valence-electron chi connectivity index (χ2n) is 4.89. The van der Waals surface area contributed by atoms with Gasteiger partial charge in [0.1, 0.15) is 0 Å². The monoisotopic (exact) mass is 214 g/mol. The van der Waals surface area contributed by atoms with Crippen LogP contribution in [0.4, 0.5) is 0 Å². The average Bonchev–Trinajstić information content (AvgIpc) is 2.25. The molecule has 2 nitrogen and oxygen atoms in total. The summed E-state index contributed by atoms with van der Waals surface area (Å²) in [6.45, 7) is 0. The number of hydrogen-bond acceptors (Lipinski definition) is 2. The van der Waals surface area contributed by atoms with Crippen LogP contribution in [-0.2, 0) is 0 Å². The largest absolute Gasteiger partial charge is 0.390 e. The Bertz CT molecular complexity index is 131. The molecule has 2 atom stereocenters. The molecule has 0 amide bonds. The molecule has 1 saturated carbocycles. The lowest BCUT2D eigenvalue weighted by molar-refractivity contribution is 0.00725. The van der Waals surface area contributed by atoms with E-state index in [2.05, 4.69) is 0 Å². The highest BCUT2D eigenvalue weighted by atomic mass is 16.3. The summed E-state index contributed by atoms with van der Waals surface area (Å²) in [4.78, 5) is 0. The molecule has 1 aliphatic rings. The topological polar surface area (TPSA) is 40.5 Å². The van der Waals surface area contributed by atoms with Crippen molar-refractivity contribution in [2.45, 2.75) is 82.8 Å². The van der Waals surface area contributed by atoms with Crippen molar-refractivity contribution < 1.29 is 10.2 Å². The highest BCUT2D eigenvalue weighted by Crippen LogP contribution is 2.17. The standard InChI is InChI=1S/C13H26O2/c14-12-10-8-6-4-2-1-3-5-7-9-11-13(12)15/h12-15H,1-11H2/t12-,13+. The molecular weight excluding hydrogens is 188 g/mol. The normalized spacial score (nSPS) is 32.4. The fourth-order valence-electron chi connectivity index (χ4n) is 2.33. The summed E-state index contributed by atoms with van der Waals surface area (Å²) in [5.41, 5.74) is 0. The van der Waals surface area contributed by atoms with E-state index < -0.39 is 12.2 Å². The van der Waals surface area contributed by atoms with Crippen molar-refractivity contribution in [2.24, 2.45) is 0 Å². The Morgan fingerprint density at radius 2 is 0.733 bits per heavy atom. The summed E-state index contributed by atoms with van der Waals surface area (Å²) in [7, 11) is 0. The van der Waals surface area contributed by atoms with Gasteiger partial charge in [0.05, 0.1) is 12.2 Å². The first-order valence-electron chi connectivity index (χ1n) is 6.67. The Balaban J connectivity index is 2.24. The summed E-state index contributed by atoms with van der Waals surface area (Å²) in [5.74, 6) is 0. The van der Waals surface area contributed by atoms with Crippen molar-refractivity contribution in [3.05, 3.63) is 0 Å². The van der Waals surface area contributed by atoms with Gasteiger partial charge in [-0.1, -0.05) is 57.8 Å². The number of hydrogen-bond donors (Lipinski definition) is 2. The first kappa shape index (κ1) is 13.0. The SMILES string of the molecule is O[C@@H]1CCCCCCCCCCC[C@@H]1O. The maximum Gasteiger partial charge on any atom is 0.0799 e. The predicted molar refractivity (Wildman–Crippen MR) is 62.8 cm³/mol. The van der Waals surface area contributed by atoms with Crippen molar-refractivity contribution in [1.82, 2.24) is 0 Å². The molecule has 0 saturated heterocycles. The summed E-state index contributed by atoms with van der Waals surface area (Å²) >= 11 is 0. The van der Waals surface area contributed by atoms with E-state index in [4.69, 9.17) is 0 Å². The minimum atomic E-state index is -0.481. The molecule has 0 aliphatic heterocycles. The summed E-state index contributed by atoms with van der Waals surface area (Å²) in [6, 6.07) is 0. The third-order valence-electron chi connectivity index (χ3n) is 3.44. The Morgan fingerprint density at radius 3 is 1.07 bits per heavy atom. The number of aliphatic hydroxyl groups is 2. The quantitative estimate of drug-likeness (QED) is 0.650. The van der Waals surface area contributed by atoms with Crippen LogP contribution >= 0.6 is 0 Å². The van der Waals surface area contributed by atoms with Crippen LogP contribution < -0.4 is 0 Å². The Labute approximate surface area is 93.7 Å². The van der Waals surface area contributed by atoms with Crippen molar-refractivity contribution in [3.63, 3.8) is 0 Å². The minimum absolute atomic E-state index is 0.481. The summed E-state index contributed by atoms with van der Waals surface area (Å²) in [6.07, 6.45) is 11.8. The van der Waals surface area contributed by atoms with Crippen LogP contribution in [0.2, 0.25) is 0 Å². The lowest BCUT2D eigenvalue weighted by Gasteiger charge is -2.17. The molecule has 1 fully saturated rings. The van der Waals surface area contributed by atoms with Gasteiger partial charge in [0.2, 0.25) is 0 Å². The van der Waals surface area contributed by atoms with E-state index in [0.29, 0.717) is 0 Å². The van der Waals surface area contributed by atoms with Crippen molar-refractivity contribution >= 4 is 0 Å². The van der Waals surface area contributed by atoms with E-state index in [0.717, 1.165) is 25.7 Å². The smallest absolute Gasteiger partial charge is 0.0799 e. The van der Waals surface area contributed by atoms with Crippen molar-refractivity contribution in [2.75, 3.05) is 0 Å². The Morgan fingerprint density at radius 1 is 0.467 bits per heavy atom. The molecule has 0 spiro atoms. The molecule has 0 bridgehead atoms. The Hall–Kier alpha value is -0.0800. The van der Waals surface area contributed by atoms with E-state index in [1.807, 2.05) is 0 Å². The van der Waals surface area contributed by atoms with E-state index in [-0.39, 0.29) is 0 Å². The second-order valence-corrected chi connectivity index (χ2v) is 4.89. The van der Waals surface area contributed by atoms with Gasteiger partial charge >= 0.3 is 0 Å². The molecular formula is C13H26O2. The lowest BCUT2D eigenvalue weighted by Crippen LogP contribution is -2.25. The van der Waals surface area contributed by atoms with Gasteiger partial charge in [-0.3, -0.25) is 0 Å². The minimum Gasteiger partial charge on any atom is -0.390 e. The number of aliphatic hydroxyl groups excluding tert-OH is 2. The van der Waals surface area contributed by atoms with E-state index in [9.17, 15) is 10.2 Å². The molecule has 0 radical (unpaired) electrons. The van der Waals surface area contributed by atoms with Gasteiger partial charge < -0.3 is 10.2 Å². The van der Waals surface area contributed by atoms with Crippen LogP contribution in [0.1, 0.15) is 70.6 Å². The van der Waals surface area contributed by atoms with Gasteiger partial charge in [-0.2, -0.15) is 0 Å². The predicted octanol–water partition coefficient (Wildman–Crippen LogP) is 3.01. The van der Waals surface area contributed by atoms with Crippen LogP contribution in [0.3, 0.4) is 0 Å². The zero-order chi connectivity index (χ0) is 10.9. The molecule has 15 heavy (non-hydrogen) atoms. The van der Waals surface area contributed by atoms with Crippen molar-refractivity contribution in [3.8, 4) is 0 Å².